The van der Waals surface area contributed by atoms with Crippen LogP contribution in [0, 0.1) is 5.82 Å². The molecule has 0 saturated carbocycles. The van der Waals surface area contributed by atoms with Gasteiger partial charge in [-0.05, 0) is 43.3 Å². The number of aromatic nitrogens is 2. The van der Waals surface area contributed by atoms with E-state index in [0.29, 0.717) is 25.4 Å². The van der Waals surface area contributed by atoms with Crippen molar-refractivity contribution in [1.29, 1.82) is 0 Å². The molecule has 3 N–H and O–H groups in total. The second kappa shape index (κ2) is 8.59. The topological polar surface area (TPSA) is 80.2 Å². The quantitative estimate of drug-likeness (QED) is 0.759. The number of nitrogens with zero attached hydrogens (tertiary/aromatic N) is 2. The number of ether oxygens (including phenoxy) is 1. The lowest BCUT2D eigenvalue weighted by molar-refractivity contribution is 0.0685. The summed E-state index contributed by atoms with van der Waals surface area (Å²) in [6.45, 7) is 3.16. The molecule has 1 fully saturated rings. The molecule has 0 bridgehead atoms. The fourth-order valence-corrected chi connectivity index (χ4v) is 2.53. The van der Waals surface area contributed by atoms with E-state index in [1.54, 1.807) is 23.0 Å². The number of carbonyl (C=O) groups excluding carboxylic acids is 1. The van der Waals surface area contributed by atoms with Crippen molar-refractivity contribution in [2.24, 2.45) is 0 Å². The van der Waals surface area contributed by atoms with Gasteiger partial charge in [-0.3, -0.25) is 0 Å². The zero-order chi connectivity index (χ0) is 17.5. The summed E-state index contributed by atoms with van der Waals surface area (Å²) in [5.74, 6) is -0.290. The molecule has 134 valence electrons. The van der Waals surface area contributed by atoms with Crippen LogP contribution in [0.3, 0.4) is 0 Å². The highest BCUT2D eigenvalue weighted by Crippen LogP contribution is 2.08. The van der Waals surface area contributed by atoms with E-state index in [-0.39, 0.29) is 18.0 Å². The molecule has 2 amide bonds. The minimum Gasteiger partial charge on any atom is -0.375 e. The predicted octanol–water partition coefficient (Wildman–Crippen LogP) is 1.19. The SMILES string of the molecule is O=C(NCc1ccn(-c2ccc(F)cc2)n1)NCC1CNCCCO1. The highest BCUT2D eigenvalue weighted by molar-refractivity contribution is 5.73. The van der Waals surface area contributed by atoms with E-state index in [1.807, 2.05) is 6.07 Å². The molecule has 25 heavy (non-hydrogen) atoms. The zero-order valence-electron chi connectivity index (χ0n) is 13.9. The summed E-state index contributed by atoms with van der Waals surface area (Å²) >= 11 is 0. The summed E-state index contributed by atoms with van der Waals surface area (Å²) < 4.78 is 20.2. The Labute approximate surface area is 145 Å². The molecule has 8 heteroatoms. The molecule has 1 saturated heterocycles. The zero-order valence-corrected chi connectivity index (χ0v) is 13.9. The van der Waals surface area contributed by atoms with E-state index in [4.69, 9.17) is 4.74 Å². The molecule has 2 heterocycles. The smallest absolute Gasteiger partial charge is 0.315 e. The first-order valence-electron chi connectivity index (χ1n) is 8.35. The monoisotopic (exact) mass is 347 g/mol. The Morgan fingerprint density at radius 1 is 1.32 bits per heavy atom. The first-order chi connectivity index (χ1) is 12.2. The normalized spacial score (nSPS) is 17.7. The molecule has 0 spiro atoms. The van der Waals surface area contributed by atoms with Gasteiger partial charge in [-0.15, -0.1) is 0 Å². The van der Waals surface area contributed by atoms with Crippen molar-refractivity contribution in [3.8, 4) is 5.69 Å². The Hall–Kier alpha value is -2.45. The number of hydrogen-bond acceptors (Lipinski definition) is 4. The van der Waals surface area contributed by atoms with Crippen molar-refractivity contribution in [1.82, 2.24) is 25.7 Å². The molecule has 1 aromatic carbocycles. The van der Waals surface area contributed by atoms with Crippen LogP contribution < -0.4 is 16.0 Å². The molecule has 1 aliphatic rings. The number of halogens is 1. The number of urea groups is 1. The van der Waals surface area contributed by atoms with E-state index >= 15 is 0 Å². The van der Waals surface area contributed by atoms with E-state index in [1.165, 1.54) is 12.1 Å². The Balaban J connectivity index is 1.43. The predicted molar refractivity (Wildman–Crippen MR) is 91.0 cm³/mol. The van der Waals surface area contributed by atoms with Crippen molar-refractivity contribution < 1.29 is 13.9 Å². The van der Waals surface area contributed by atoms with Gasteiger partial charge in [-0.25, -0.2) is 13.9 Å². The minimum absolute atomic E-state index is 0.00839. The van der Waals surface area contributed by atoms with Crippen molar-refractivity contribution in [3.05, 3.63) is 48.0 Å². The van der Waals surface area contributed by atoms with Crippen LogP contribution in [0.5, 0.6) is 0 Å². The third kappa shape index (κ3) is 5.27. The van der Waals surface area contributed by atoms with Gasteiger partial charge in [0.2, 0.25) is 0 Å². The van der Waals surface area contributed by atoms with Crippen LogP contribution >= 0.6 is 0 Å². The van der Waals surface area contributed by atoms with Crippen LogP contribution in [0.2, 0.25) is 0 Å². The first kappa shape index (κ1) is 17.4. The van der Waals surface area contributed by atoms with Crippen LogP contribution in [0.15, 0.2) is 36.5 Å². The molecule has 7 nitrogen and oxygen atoms in total. The second-order valence-electron chi connectivity index (χ2n) is 5.84. The van der Waals surface area contributed by atoms with Crippen molar-refractivity contribution in [3.63, 3.8) is 0 Å². The van der Waals surface area contributed by atoms with Gasteiger partial charge in [0.05, 0.1) is 24.0 Å². The van der Waals surface area contributed by atoms with Crippen LogP contribution in [0.25, 0.3) is 5.69 Å². The number of nitrogens with one attached hydrogen (secondary N) is 3. The van der Waals surface area contributed by atoms with Gasteiger partial charge in [-0.1, -0.05) is 0 Å². The maximum atomic E-state index is 12.9. The molecule has 0 radical (unpaired) electrons. The van der Waals surface area contributed by atoms with Crippen molar-refractivity contribution in [2.75, 3.05) is 26.2 Å². The number of carbonyl (C=O) groups is 1. The Kier molecular flexibility index (Phi) is 5.97. The molecular formula is C17H22FN5O2. The van der Waals surface area contributed by atoms with E-state index in [2.05, 4.69) is 21.0 Å². The maximum absolute atomic E-state index is 12.9. The van der Waals surface area contributed by atoms with Crippen molar-refractivity contribution >= 4 is 6.03 Å². The van der Waals surface area contributed by atoms with Crippen molar-refractivity contribution in [2.45, 2.75) is 19.1 Å². The maximum Gasteiger partial charge on any atom is 0.315 e. The highest BCUT2D eigenvalue weighted by atomic mass is 19.1. The molecule has 1 aromatic heterocycles. The van der Waals surface area contributed by atoms with Crippen LogP contribution in [-0.2, 0) is 11.3 Å². The van der Waals surface area contributed by atoms with Gasteiger partial charge in [-0.2, -0.15) is 5.10 Å². The number of rotatable bonds is 5. The van der Waals surface area contributed by atoms with E-state index in [0.717, 1.165) is 25.2 Å². The standard InChI is InChI=1S/C17H22FN5O2/c18-13-2-4-15(5-3-13)23-8-6-14(22-23)10-20-17(24)21-12-16-11-19-7-1-9-25-16/h2-6,8,16,19H,1,7,9-12H2,(H2,20,21,24). The van der Waals surface area contributed by atoms with Gasteiger partial charge >= 0.3 is 6.03 Å². The van der Waals surface area contributed by atoms with Gasteiger partial charge in [0, 0.05) is 25.9 Å². The van der Waals surface area contributed by atoms with Gasteiger partial charge in [0.25, 0.3) is 0 Å². The summed E-state index contributed by atoms with van der Waals surface area (Å²) in [6.07, 6.45) is 2.75. The fraction of sp³-hybridized carbons (Fsp3) is 0.412. The van der Waals surface area contributed by atoms with E-state index < -0.39 is 0 Å². The molecule has 1 aliphatic heterocycles. The molecular weight excluding hydrogens is 325 g/mol. The average molecular weight is 347 g/mol. The third-order valence-electron chi connectivity index (χ3n) is 3.88. The summed E-state index contributed by atoms with van der Waals surface area (Å²) in [5, 5.41) is 13.2. The Morgan fingerprint density at radius 3 is 3.00 bits per heavy atom. The lowest BCUT2D eigenvalue weighted by Gasteiger charge is -2.15. The molecule has 1 atom stereocenters. The highest BCUT2D eigenvalue weighted by Gasteiger charge is 2.13. The fourth-order valence-electron chi connectivity index (χ4n) is 2.53. The number of amides is 2. The molecule has 3 rings (SSSR count). The largest absolute Gasteiger partial charge is 0.375 e. The Bertz CT molecular complexity index is 681. The summed E-state index contributed by atoms with van der Waals surface area (Å²) in [6, 6.07) is 7.60. The summed E-state index contributed by atoms with van der Waals surface area (Å²) in [5.41, 5.74) is 1.47. The van der Waals surface area contributed by atoms with Gasteiger partial charge < -0.3 is 20.7 Å². The van der Waals surface area contributed by atoms with Crippen LogP contribution in [0.4, 0.5) is 9.18 Å². The molecule has 0 aliphatic carbocycles. The van der Waals surface area contributed by atoms with Gasteiger partial charge in [0.15, 0.2) is 0 Å². The lowest BCUT2D eigenvalue weighted by atomic mass is 10.3. The summed E-state index contributed by atoms with van der Waals surface area (Å²) in [7, 11) is 0. The minimum atomic E-state index is -0.290. The Morgan fingerprint density at radius 2 is 2.16 bits per heavy atom. The van der Waals surface area contributed by atoms with E-state index in [9.17, 15) is 9.18 Å². The number of benzene rings is 1. The van der Waals surface area contributed by atoms with Crippen LogP contribution in [-0.4, -0.2) is 48.2 Å². The van der Waals surface area contributed by atoms with Gasteiger partial charge in [0.1, 0.15) is 5.82 Å². The average Bonchev–Trinajstić information content (AvgIpc) is 2.94. The first-order valence-corrected chi connectivity index (χ1v) is 8.35. The van der Waals surface area contributed by atoms with Crippen LogP contribution in [0.1, 0.15) is 12.1 Å². The lowest BCUT2D eigenvalue weighted by Crippen LogP contribution is -2.42. The molecule has 1 unspecified atom stereocenters. The third-order valence-corrected chi connectivity index (χ3v) is 3.88. The number of hydrogen-bond donors (Lipinski definition) is 3. The second-order valence-corrected chi connectivity index (χ2v) is 5.84. The summed E-state index contributed by atoms with van der Waals surface area (Å²) in [4.78, 5) is 11.9. The molecule has 2 aromatic rings.